The molecule has 19 heavy (non-hydrogen) atoms. The molecule has 0 saturated heterocycles. The number of nitrogens with one attached hydrogen (secondary N) is 1. The maximum atomic E-state index is 11.9. The largest absolute Gasteiger partial charge is 0.495 e. The number of methoxy groups -OCH3 is 1. The highest BCUT2D eigenvalue weighted by Crippen LogP contribution is 2.22. The molecular weight excluding hydrogens is 294 g/mol. The molecule has 1 aromatic carbocycles. The fourth-order valence-corrected chi connectivity index (χ4v) is 3.13. The molecule has 108 valence electrons. The lowest BCUT2D eigenvalue weighted by Crippen LogP contribution is -2.26. The Morgan fingerprint density at radius 1 is 1.21 bits per heavy atom. The Balaban J connectivity index is 2.71. The Bertz CT molecular complexity index is 623. The van der Waals surface area contributed by atoms with Crippen molar-refractivity contribution in [2.75, 3.05) is 19.4 Å². The molecule has 1 rings (SSSR count). The topological polar surface area (TPSA) is 110 Å². The predicted molar refractivity (Wildman–Crippen MR) is 69.2 cm³/mol. The SMILES string of the molecule is COc1ccccc1S(=O)(=O)NCCCS(=O)(=O)O. The first-order valence-corrected chi connectivity index (χ1v) is 8.43. The summed E-state index contributed by atoms with van der Waals surface area (Å²) in [6, 6.07) is 6.07. The lowest BCUT2D eigenvalue weighted by atomic mass is 10.3. The van der Waals surface area contributed by atoms with Crippen LogP contribution in [0.1, 0.15) is 6.42 Å². The smallest absolute Gasteiger partial charge is 0.264 e. The molecule has 0 aromatic heterocycles. The second kappa shape index (κ2) is 6.33. The summed E-state index contributed by atoms with van der Waals surface area (Å²) in [6.45, 7) is -0.0971. The van der Waals surface area contributed by atoms with Gasteiger partial charge in [0.1, 0.15) is 10.6 Å². The van der Waals surface area contributed by atoms with Gasteiger partial charge < -0.3 is 4.74 Å². The zero-order valence-corrected chi connectivity index (χ0v) is 11.9. The predicted octanol–water partition coefficient (Wildman–Crippen LogP) is 0.251. The van der Waals surface area contributed by atoms with E-state index in [9.17, 15) is 16.8 Å². The fraction of sp³-hybridized carbons (Fsp3) is 0.400. The van der Waals surface area contributed by atoms with Crippen LogP contribution in [0.15, 0.2) is 29.2 Å². The van der Waals surface area contributed by atoms with Crippen LogP contribution in [0.25, 0.3) is 0 Å². The van der Waals surface area contributed by atoms with Crippen LogP contribution in [0.4, 0.5) is 0 Å². The van der Waals surface area contributed by atoms with Crippen LogP contribution in [-0.2, 0) is 20.1 Å². The highest BCUT2D eigenvalue weighted by atomic mass is 32.2. The van der Waals surface area contributed by atoms with E-state index < -0.39 is 25.9 Å². The van der Waals surface area contributed by atoms with Gasteiger partial charge in [0, 0.05) is 6.54 Å². The number of ether oxygens (including phenoxy) is 1. The molecule has 0 unspecified atom stereocenters. The number of hydrogen-bond donors (Lipinski definition) is 2. The number of rotatable bonds is 7. The molecular formula is C10H15NO6S2. The zero-order valence-electron chi connectivity index (χ0n) is 10.2. The van der Waals surface area contributed by atoms with Gasteiger partial charge in [0.2, 0.25) is 10.0 Å². The average Bonchev–Trinajstić information content (AvgIpc) is 2.33. The van der Waals surface area contributed by atoms with Crippen molar-refractivity contribution in [3.05, 3.63) is 24.3 Å². The average molecular weight is 309 g/mol. The van der Waals surface area contributed by atoms with Gasteiger partial charge in [-0.1, -0.05) is 12.1 Å². The monoisotopic (exact) mass is 309 g/mol. The first kappa shape index (κ1) is 15.9. The molecule has 0 heterocycles. The Morgan fingerprint density at radius 3 is 2.42 bits per heavy atom. The van der Waals surface area contributed by atoms with Crippen LogP contribution in [0.3, 0.4) is 0 Å². The van der Waals surface area contributed by atoms with E-state index in [4.69, 9.17) is 9.29 Å². The van der Waals surface area contributed by atoms with Crippen molar-refractivity contribution in [2.24, 2.45) is 0 Å². The van der Waals surface area contributed by atoms with E-state index in [0.29, 0.717) is 0 Å². The van der Waals surface area contributed by atoms with Crippen molar-refractivity contribution in [2.45, 2.75) is 11.3 Å². The van der Waals surface area contributed by atoms with Gasteiger partial charge >= 0.3 is 0 Å². The minimum absolute atomic E-state index is 0.0206. The van der Waals surface area contributed by atoms with Crippen molar-refractivity contribution in [1.29, 1.82) is 0 Å². The molecule has 0 atom stereocenters. The summed E-state index contributed by atoms with van der Waals surface area (Å²) in [7, 11) is -6.50. The summed E-state index contributed by atoms with van der Waals surface area (Å²) >= 11 is 0. The van der Waals surface area contributed by atoms with Crippen molar-refractivity contribution in [3.63, 3.8) is 0 Å². The highest BCUT2D eigenvalue weighted by molar-refractivity contribution is 7.89. The van der Waals surface area contributed by atoms with E-state index in [2.05, 4.69) is 4.72 Å². The minimum Gasteiger partial charge on any atom is -0.495 e. The van der Waals surface area contributed by atoms with Gasteiger partial charge in [-0.2, -0.15) is 8.42 Å². The molecule has 0 saturated carbocycles. The van der Waals surface area contributed by atoms with E-state index in [1.165, 1.54) is 19.2 Å². The lowest BCUT2D eigenvalue weighted by molar-refractivity contribution is 0.402. The van der Waals surface area contributed by atoms with Crippen molar-refractivity contribution < 1.29 is 26.1 Å². The van der Waals surface area contributed by atoms with Crippen LogP contribution < -0.4 is 9.46 Å². The third kappa shape index (κ3) is 5.15. The second-order valence-electron chi connectivity index (χ2n) is 3.69. The van der Waals surface area contributed by atoms with Crippen LogP contribution in [0.5, 0.6) is 5.75 Å². The normalized spacial score (nSPS) is 12.3. The molecule has 0 radical (unpaired) electrons. The summed E-state index contributed by atoms with van der Waals surface area (Å²) in [5, 5.41) is 0. The Morgan fingerprint density at radius 2 is 1.84 bits per heavy atom. The van der Waals surface area contributed by atoms with Crippen LogP contribution in [-0.4, -0.2) is 40.8 Å². The molecule has 0 bridgehead atoms. The summed E-state index contributed by atoms with van der Waals surface area (Å²) in [5.74, 6) is -0.300. The summed E-state index contributed by atoms with van der Waals surface area (Å²) in [4.78, 5) is -0.0237. The molecule has 0 fully saturated rings. The summed E-state index contributed by atoms with van der Waals surface area (Å²) < 4.78 is 60.5. The lowest BCUT2D eigenvalue weighted by Gasteiger charge is -2.10. The number of para-hydroxylation sites is 1. The van der Waals surface area contributed by atoms with Crippen LogP contribution >= 0.6 is 0 Å². The van der Waals surface area contributed by atoms with E-state index >= 15 is 0 Å². The Hall–Kier alpha value is -1.16. The van der Waals surface area contributed by atoms with Gasteiger partial charge in [0.15, 0.2) is 0 Å². The standard InChI is InChI=1S/C10H15NO6S2/c1-17-9-5-2-3-6-10(9)19(15,16)11-7-4-8-18(12,13)14/h2-3,5-6,11H,4,7-8H2,1H3,(H,12,13,14). The van der Waals surface area contributed by atoms with Gasteiger partial charge in [-0.25, -0.2) is 13.1 Å². The Labute approximate surface area is 112 Å². The van der Waals surface area contributed by atoms with E-state index in [0.717, 1.165) is 0 Å². The second-order valence-corrected chi connectivity index (χ2v) is 7.00. The first-order chi connectivity index (χ1) is 8.76. The van der Waals surface area contributed by atoms with Gasteiger partial charge in [-0.05, 0) is 18.6 Å². The molecule has 2 N–H and O–H groups in total. The van der Waals surface area contributed by atoms with Crippen LogP contribution in [0, 0.1) is 0 Å². The van der Waals surface area contributed by atoms with Gasteiger partial charge in [0.25, 0.3) is 10.1 Å². The first-order valence-electron chi connectivity index (χ1n) is 5.34. The van der Waals surface area contributed by atoms with Crippen molar-refractivity contribution in [1.82, 2.24) is 4.72 Å². The third-order valence-electron chi connectivity index (χ3n) is 2.23. The maximum Gasteiger partial charge on any atom is 0.264 e. The molecule has 1 aromatic rings. The van der Waals surface area contributed by atoms with E-state index in [-0.39, 0.29) is 23.6 Å². The Kier molecular flexibility index (Phi) is 5.29. The summed E-state index contributed by atoms with van der Waals surface area (Å²) in [6.07, 6.45) is -0.0206. The van der Waals surface area contributed by atoms with E-state index in [1.54, 1.807) is 12.1 Å². The molecule has 9 heteroatoms. The quantitative estimate of drug-likeness (QED) is 0.552. The molecule has 0 aliphatic carbocycles. The minimum atomic E-state index is -4.08. The van der Waals surface area contributed by atoms with Gasteiger partial charge in [-0.15, -0.1) is 0 Å². The van der Waals surface area contributed by atoms with Gasteiger partial charge in [0.05, 0.1) is 12.9 Å². The van der Waals surface area contributed by atoms with Crippen molar-refractivity contribution in [3.8, 4) is 5.75 Å². The number of sulfonamides is 1. The molecule has 7 nitrogen and oxygen atoms in total. The molecule has 0 aliphatic heterocycles. The molecule has 0 aliphatic rings. The zero-order chi connectivity index (χ0) is 14.5. The highest BCUT2D eigenvalue weighted by Gasteiger charge is 2.18. The third-order valence-corrected chi connectivity index (χ3v) is 4.53. The van der Waals surface area contributed by atoms with Crippen molar-refractivity contribution >= 4 is 20.1 Å². The van der Waals surface area contributed by atoms with Crippen LogP contribution in [0.2, 0.25) is 0 Å². The van der Waals surface area contributed by atoms with E-state index in [1.807, 2.05) is 0 Å². The number of benzene rings is 1. The summed E-state index contributed by atoms with van der Waals surface area (Å²) in [5.41, 5.74) is 0. The molecule has 0 spiro atoms. The van der Waals surface area contributed by atoms with Gasteiger partial charge in [-0.3, -0.25) is 4.55 Å². The molecule has 0 amide bonds. The number of hydrogen-bond acceptors (Lipinski definition) is 5. The maximum absolute atomic E-state index is 11.9. The fourth-order valence-electron chi connectivity index (χ4n) is 1.38.